The van der Waals surface area contributed by atoms with Crippen LogP contribution in [0.4, 0.5) is 0 Å². The highest BCUT2D eigenvalue weighted by Gasteiger charge is 2.26. The molecule has 3 rings (SSSR count). The number of amides is 2. The minimum Gasteiger partial charge on any atom is -0.483 e. The van der Waals surface area contributed by atoms with Gasteiger partial charge in [0.1, 0.15) is 11.8 Å². The van der Waals surface area contributed by atoms with E-state index >= 15 is 0 Å². The molecule has 1 atom stereocenters. The summed E-state index contributed by atoms with van der Waals surface area (Å²) in [7, 11) is 1.56. The van der Waals surface area contributed by atoms with Crippen LogP contribution in [0.25, 0.3) is 10.8 Å². The first-order valence-electron chi connectivity index (χ1n) is 9.35. The van der Waals surface area contributed by atoms with Crippen molar-refractivity contribution in [3.05, 3.63) is 76.8 Å². The van der Waals surface area contributed by atoms with Gasteiger partial charge in [0.25, 0.3) is 5.91 Å². The highest BCUT2D eigenvalue weighted by molar-refractivity contribution is 9.10. The zero-order chi connectivity index (χ0) is 20.8. The molecule has 150 valence electrons. The van der Waals surface area contributed by atoms with Gasteiger partial charge in [-0.3, -0.25) is 9.59 Å². The molecule has 0 fully saturated rings. The van der Waals surface area contributed by atoms with E-state index in [2.05, 4.69) is 21.2 Å². The van der Waals surface area contributed by atoms with Crippen LogP contribution in [0, 0.1) is 0 Å². The number of benzene rings is 3. The lowest BCUT2D eigenvalue weighted by atomic mass is 10.1. The number of halogens is 1. The van der Waals surface area contributed by atoms with Crippen molar-refractivity contribution in [1.29, 1.82) is 0 Å². The number of nitrogens with zero attached hydrogens (tertiary/aromatic N) is 1. The minimum absolute atomic E-state index is 0.147. The summed E-state index contributed by atoms with van der Waals surface area (Å²) in [5.74, 6) is 0.171. The van der Waals surface area contributed by atoms with Gasteiger partial charge in [0.2, 0.25) is 5.91 Å². The third kappa shape index (κ3) is 5.15. The smallest absolute Gasteiger partial charge is 0.261 e. The lowest BCUT2D eigenvalue weighted by Gasteiger charge is -2.28. The van der Waals surface area contributed by atoms with E-state index in [1.807, 2.05) is 66.7 Å². The summed E-state index contributed by atoms with van der Waals surface area (Å²) in [4.78, 5) is 26.7. The van der Waals surface area contributed by atoms with Gasteiger partial charge in [0.05, 0.1) is 0 Å². The third-order valence-electron chi connectivity index (χ3n) is 4.78. The fraction of sp³-hybridized carbons (Fsp3) is 0.217. The molecule has 2 amide bonds. The predicted molar refractivity (Wildman–Crippen MR) is 118 cm³/mol. The first-order valence-corrected chi connectivity index (χ1v) is 10.1. The Balaban J connectivity index is 1.78. The van der Waals surface area contributed by atoms with Crippen LogP contribution >= 0.6 is 15.9 Å². The van der Waals surface area contributed by atoms with E-state index in [0.717, 1.165) is 20.8 Å². The van der Waals surface area contributed by atoms with Gasteiger partial charge < -0.3 is 15.0 Å². The number of hydrogen-bond acceptors (Lipinski definition) is 3. The number of ether oxygens (including phenoxy) is 1. The average molecular weight is 455 g/mol. The van der Waals surface area contributed by atoms with Crippen LogP contribution in [0.15, 0.2) is 71.2 Å². The maximum absolute atomic E-state index is 13.0. The molecule has 0 aliphatic carbocycles. The second-order valence-electron chi connectivity index (χ2n) is 6.70. The molecule has 0 aliphatic heterocycles. The fourth-order valence-electron chi connectivity index (χ4n) is 3.12. The number of rotatable bonds is 7. The van der Waals surface area contributed by atoms with E-state index in [9.17, 15) is 9.59 Å². The molecule has 29 heavy (non-hydrogen) atoms. The van der Waals surface area contributed by atoms with Gasteiger partial charge in [0.15, 0.2) is 6.61 Å². The third-order valence-corrected chi connectivity index (χ3v) is 5.31. The Labute approximate surface area is 178 Å². The van der Waals surface area contributed by atoms with Crippen LogP contribution in [0.5, 0.6) is 5.75 Å². The van der Waals surface area contributed by atoms with Crippen molar-refractivity contribution in [2.75, 3.05) is 13.7 Å². The van der Waals surface area contributed by atoms with Crippen molar-refractivity contribution in [3.8, 4) is 5.75 Å². The first kappa shape index (κ1) is 20.9. The van der Waals surface area contributed by atoms with E-state index in [-0.39, 0.29) is 18.4 Å². The average Bonchev–Trinajstić information content (AvgIpc) is 2.76. The summed E-state index contributed by atoms with van der Waals surface area (Å²) in [6, 6.07) is 20.6. The highest BCUT2D eigenvalue weighted by atomic mass is 79.9. The van der Waals surface area contributed by atoms with Crippen LogP contribution in [-0.4, -0.2) is 36.4 Å². The molecule has 1 unspecified atom stereocenters. The minimum atomic E-state index is -0.618. The Morgan fingerprint density at radius 3 is 2.45 bits per heavy atom. The van der Waals surface area contributed by atoms with Crippen LogP contribution < -0.4 is 10.1 Å². The van der Waals surface area contributed by atoms with E-state index in [1.165, 1.54) is 4.90 Å². The maximum Gasteiger partial charge on any atom is 0.261 e. The molecular weight excluding hydrogens is 432 g/mol. The van der Waals surface area contributed by atoms with Crippen molar-refractivity contribution in [2.45, 2.75) is 19.5 Å². The van der Waals surface area contributed by atoms with Crippen LogP contribution in [0.3, 0.4) is 0 Å². The first-order chi connectivity index (χ1) is 14.0. The van der Waals surface area contributed by atoms with Gasteiger partial charge in [-0.05, 0) is 36.1 Å². The van der Waals surface area contributed by atoms with Crippen molar-refractivity contribution >= 4 is 38.5 Å². The lowest BCUT2D eigenvalue weighted by Crippen LogP contribution is -2.48. The zero-order valence-corrected chi connectivity index (χ0v) is 18.0. The summed E-state index contributed by atoms with van der Waals surface area (Å²) in [6.45, 7) is 1.89. The van der Waals surface area contributed by atoms with Gasteiger partial charge in [-0.2, -0.15) is 0 Å². The van der Waals surface area contributed by atoms with E-state index in [4.69, 9.17) is 4.74 Å². The van der Waals surface area contributed by atoms with E-state index in [1.54, 1.807) is 14.0 Å². The predicted octanol–water partition coefficient (Wildman–Crippen LogP) is 4.14. The number of nitrogens with one attached hydrogen (secondary N) is 1. The SMILES string of the molecule is CNC(=O)C(C)N(Cc1ccc(Br)cc1)C(=O)COc1cccc2ccccc12. The van der Waals surface area contributed by atoms with Crippen molar-refractivity contribution in [3.63, 3.8) is 0 Å². The molecular formula is C23H23BrN2O3. The van der Waals surface area contributed by atoms with Crippen molar-refractivity contribution < 1.29 is 14.3 Å². The molecule has 0 aromatic heterocycles. The molecule has 0 saturated carbocycles. The topological polar surface area (TPSA) is 58.6 Å². The van der Waals surface area contributed by atoms with Gasteiger partial charge >= 0.3 is 0 Å². The molecule has 0 saturated heterocycles. The van der Waals surface area contributed by atoms with E-state index in [0.29, 0.717) is 12.3 Å². The number of hydrogen-bond donors (Lipinski definition) is 1. The number of carbonyl (C=O) groups is 2. The molecule has 0 bridgehead atoms. The number of fused-ring (bicyclic) bond motifs is 1. The van der Waals surface area contributed by atoms with Crippen LogP contribution in [0.1, 0.15) is 12.5 Å². The maximum atomic E-state index is 13.0. The monoisotopic (exact) mass is 454 g/mol. The Hall–Kier alpha value is -2.86. The number of likely N-dealkylation sites (N-methyl/N-ethyl adjacent to an activating group) is 1. The molecule has 0 aliphatic rings. The van der Waals surface area contributed by atoms with Gasteiger partial charge in [-0.1, -0.05) is 64.5 Å². The second-order valence-corrected chi connectivity index (χ2v) is 7.62. The van der Waals surface area contributed by atoms with Gasteiger partial charge in [-0.15, -0.1) is 0 Å². The molecule has 0 radical (unpaired) electrons. The summed E-state index contributed by atoms with van der Waals surface area (Å²) < 4.78 is 6.81. The molecule has 3 aromatic rings. The summed E-state index contributed by atoms with van der Waals surface area (Å²) in [6.07, 6.45) is 0. The molecule has 6 heteroatoms. The van der Waals surface area contributed by atoms with Crippen molar-refractivity contribution in [1.82, 2.24) is 10.2 Å². The summed E-state index contributed by atoms with van der Waals surface area (Å²) in [5.41, 5.74) is 0.933. The van der Waals surface area contributed by atoms with Gasteiger partial charge in [-0.25, -0.2) is 0 Å². The van der Waals surface area contributed by atoms with E-state index < -0.39 is 6.04 Å². The second kappa shape index (κ2) is 9.56. The highest BCUT2D eigenvalue weighted by Crippen LogP contribution is 2.25. The Bertz CT molecular complexity index is 999. The standard InChI is InChI=1S/C23H23BrN2O3/c1-16(23(28)25-2)26(14-17-10-12-19(24)13-11-17)22(27)15-29-21-9-5-7-18-6-3-4-8-20(18)21/h3-13,16H,14-15H2,1-2H3,(H,25,28). The molecule has 0 heterocycles. The summed E-state index contributed by atoms with van der Waals surface area (Å²) >= 11 is 3.41. The fourth-order valence-corrected chi connectivity index (χ4v) is 3.39. The Morgan fingerprint density at radius 2 is 1.72 bits per heavy atom. The molecule has 5 nitrogen and oxygen atoms in total. The molecule has 3 aromatic carbocycles. The van der Waals surface area contributed by atoms with Crippen molar-refractivity contribution in [2.24, 2.45) is 0 Å². The van der Waals surface area contributed by atoms with Gasteiger partial charge in [0, 0.05) is 23.5 Å². The zero-order valence-electron chi connectivity index (χ0n) is 16.4. The Kier molecular flexibility index (Phi) is 6.88. The quantitative estimate of drug-likeness (QED) is 0.583. The molecule has 0 spiro atoms. The van der Waals surface area contributed by atoms with Crippen LogP contribution in [0.2, 0.25) is 0 Å². The largest absolute Gasteiger partial charge is 0.483 e. The van der Waals surface area contributed by atoms with Crippen LogP contribution in [-0.2, 0) is 16.1 Å². The summed E-state index contributed by atoms with van der Waals surface area (Å²) in [5, 5.41) is 4.60. The molecule has 1 N–H and O–H groups in total. The lowest BCUT2D eigenvalue weighted by molar-refractivity contribution is -0.142. The normalized spacial score (nSPS) is 11.7. The number of carbonyl (C=O) groups excluding carboxylic acids is 2. The Morgan fingerprint density at radius 1 is 1.03 bits per heavy atom.